The summed E-state index contributed by atoms with van der Waals surface area (Å²) in [5, 5.41) is 3.61. The Morgan fingerprint density at radius 3 is 2.59 bits per heavy atom. The molecule has 6 nitrogen and oxygen atoms in total. The molecule has 6 heteroatoms. The zero-order valence-corrected chi connectivity index (χ0v) is 19.2. The van der Waals surface area contributed by atoms with E-state index in [1.165, 1.54) is 0 Å². The fourth-order valence-electron chi connectivity index (χ4n) is 4.31. The molecule has 1 atom stereocenters. The normalized spacial score (nSPS) is 22.1. The van der Waals surface area contributed by atoms with Crippen molar-refractivity contribution in [3.05, 3.63) is 77.8 Å². The number of carbonyl (C=O) groups excluding carboxylic acids is 1. The van der Waals surface area contributed by atoms with E-state index >= 15 is 0 Å². The monoisotopic (exact) mass is 433 g/mol. The molecule has 0 aliphatic carbocycles. The first-order valence-corrected chi connectivity index (χ1v) is 11.0. The van der Waals surface area contributed by atoms with Crippen molar-refractivity contribution in [1.29, 1.82) is 0 Å². The largest absolute Gasteiger partial charge is 0.493 e. The lowest BCUT2D eigenvalue weighted by molar-refractivity contribution is -0.122. The van der Waals surface area contributed by atoms with E-state index in [1.807, 2.05) is 48.7 Å². The number of hydrogen-bond acceptors (Lipinski definition) is 5. The summed E-state index contributed by atoms with van der Waals surface area (Å²) in [5.74, 6) is 1.21. The number of nitrogens with zero attached hydrogens (tertiary/aromatic N) is 2. The molecule has 1 amide bonds. The lowest BCUT2D eigenvalue weighted by Crippen LogP contribution is -2.37. The third-order valence-electron chi connectivity index (χ3n) is 5.86. The molecule has 0 aromatic heterocycles. The molecule has 0 saturated carbocycles. The molecule has 1 aromatic rings. The second-order valence-electron chi connectivity index (χ2n) is 8.47. The van der Waals surface area contributed by atoms with E-state index in [1.54, 1.807) is 25.2 Å². The molecule has 3 aliphatic rings. The van der Waals surface area contributed by atoms with Crippen LogP contribution < -0.4 is 14.8 Å². The zero-order chi connectivity index (χ0) is 22.7. The van der Waals surface area contributed by atoms with Gasteiger partial charge in [-0.1, -0.05) is 32.1 Å². The van der Waals surface area contributed by atoms with E-state index in [2.05, 4.69) is 30.1 Å². The molecule has 168 valence electrons. The fraction of sp³-hybridized carbons (Fsp3) is 0.346. The minimum atomic E-state index is -0.0803. The van der Waals surface area contributed by atoms with Crippen LogP contribution in [0.25, 0.3) is 5.57 Å². The van der Waals surface area contributed by atoms with Gasteiger partial charge in [-0.3, -0.25) is 9.69 Å². The first-order chi connectivity index (χ1) is 15.5. The quantitative estimate of drug-likeness (QED) is 0.739. The van der Waals surface area contributed by atoms with Crippen LogP contribution in [0.15, 0.2) is 72.2 Å². The molecule has 3 aliphatic heterocycles. The second-order valence-corrected chi connectivity index (χ2v) is 8.47. The molecule has 1 N–H and O–H groups in total. The lowest BCUT2D eigenvalue weighted by atomic mass is 10.0. The average Bonchev–Trinajstić information content (AvgIpc) is 3.24. The van der Waals surface area contributed by atoms with Crippen LogP contribution in [0.2, 0.25) is 0 Å². The van der Waals surface area contributed by atoms with Gasteiger partial charge in [0, 0.05) is 43.1 Å². The maximum Gasteiger partial charge on any atom is 0.255 e. The SMILES string of the molecule is COc1ccc(C2=CC(=O)N3C=C(N4CC[C@H](NC(C)C)C4)C=C/C3=C\C=C2)cc1OC. The number of rotatable bonds is 6. The zero-order valence-electron chi connectivity index (χ0n) is 19.2. The first-order valence-electron chi connectivity index (χ1n) is 11.0. The molecule has 3 heterocycles. The third-order valence-corrected chi connectivity index (χ3v) is 5.86. The number of methoxy groups -OCH3 is 2. The topological polar surface area (TPSA) is 54.0 Å². The minimum Gasteiger partial charge on any atom is -0.493 e. The van der Waals surface area contributed by atoms with Gasteiger partial charge in [0.05, 0.1) is 19.9 Å². The van der Waals surface area contributed by atoms with Gasteiger partial charge in [0.15, 0.2) is 11.5 Å². The summed E-state index contributed by atoms with van der Waals surface area (Å²) < 4.78 is 10.8. The van der Waals surface area contributed by atoms with Crippen LogP contribution in [0.4, 0.5) is 0 Å². The van der Waals surface area contributed by atoms with Crippen LogP contribution in [0, 0.1) is 0 Å². The van der Waals surface area contributed by atoms with Gasteiger partial charge in [0.2, 0.25) is 0 Å². The van der Waals surface area contributed by atoms with Gasteiger partial charge in [-0.25, -0.2) is 0 Å². The maximum absolute atomic E-state index is 13.2. The number of likely N-dealkylation sites (tertiary alicyclic amines) is 1. The van der Waals surface area contributed by atoms with Crippen LogP contribution in [0.5, 0.6) is 11.5 Å². The van der Waals surface area contributed by atoms with E-state index in [0.29, 0.717) is 23.6 Å². The molecular formula is C26H31N3O3. The van der Waals surface area contributed by atoms with Crippen molar-refractivity contribution in [2.24, 2.45) is 0 Å². The van der Waals surface area contributed by atoms with Crippen molar-refractivity contribution in [3.63, 3.8) is 0 Å². The molecule has 0 unspecified atom stereocenters. The van der Waals surface area contributed by atoms with Gasteiger partial charge in [-0.15, -0.1) is 0 Å². The average molecular weight is 434 g/mol. The summed E-state index contributed by atoms with van der Waals surface area (Å²) in [7, 11) is 3.22. The number of carbonyl (C=O) groups is 1. The van der Waals surface area contributed by atoms with Crippen LogP contribution in [-0.2, 0) is 4.79 Å². The Kier molecular flexibility index (Phi) is 6.51. The second kappa shape index (κ2) is 9.49. The lowest BCUT2D eigenvalue weighted by Gasteiger charge is -2.29. The third kappa shape index (κ3) is 4.65. The molecule has 0 radical (unpaired) electrons. The van der Waals surface area contributed by atoms with Crippen LogP contribution in [0.1, 0.15) is 25.8 Å². The van der Waals surface area contributed by atoms with Gasteiger partial charge >= 0.3 is 0 Å². The first kappa shape index (κ1) is 22.0. The number of nitrogens with one attached hydrogen (secondary N) is 1. The van der Waals surface area contributed by atoms with E-state index < -0.39 is 0 Å². The number of hydrogen-bond donors (Lipinski definition) is 1. The maximum atomic E-state index is 13.2. The van der Waals surface area contributed by atoms with E-state index in [4.69, 9.17) is 9.47 Å². The highest BCUT2D eigenvalue weighted by molar-refractivity contribution is 6.00. The molecule has 1 fully saturated rings. The van der Waals surface area contributed by atoms with Gasteiger partial charge in [-0.2, -0.15) is 0 Å². The summed E-state index contributed by atoms with van der Waals surface area (Å²) in [6.07, 6.45) is 14.7. The van der Waals surface area contributed by atoms with Gasteiger partial charge < -0.3 is 19.7 Å². The Bertz CT molecular complexity index is 1030. The summed E-state index contributed by atoms with van der Waals surface area (Å²) in [6, 6.07) is 6.61. The van der Waals surface area contributed by atoms with E-state index in [-0.39, 0.29) is 5.91 Å². The molecule has 0 bridgehead atoms. The van der Waals surface area contributed by atoms with Crippen LogP contribution in [0.3, 0.4) is 0 Å². The predicted molar refractivity (Wildman–Crippen MR) is 127 cm³/mol. The molecule has 1 saturated heterocycles. The Labute approximate surface area is 190 Å². The van der Waals surface area contributed by atoms with Crippen molar-refractivity contribution in [1.82, 2.24) is 15.1 Å². The van der Waals surface area contributed by atoms with Crippen molar-refractivity contribution >= 4 is 11.5 Å². The highest BCUT2D eigenvalue weighted by Crippen LogP contribution is 2.32. The molecule has 32 heavy (non-hydrogen) atoms. The van der Waals surface area contributed by atoms with E-state index in [9.17, 15) is 4.79 Å². The summed E-state index contributed by atoms with van der Waals surface area (Å²) in [6.45, 7) is 6.28. The highest BCUT2D eigenvalue weighted by atomic mass is 16.5. The minimum absolute atomic E-state index is 0.0803. The van der Waals surface area contributed by atoms with Gasteiger partial charge in [0.25, 0.3) is 5.91 Å². The molecule has 0 spiro atoms. The Morgan fingerprint density at radius 1 is 1.06 bits per heavy atom. The fourth-order valence-corrected chi connectivity index (χ4v) is 4.31. The van der Waals surface area contributed by atoms with Gasteiger partial charge in [0.1, 0.15) is 0 Å². The molecule has 4 rings (SSSR count). The Morgan fingerprint density at radius 2 is 1.84 bits per heavy atom. The summed E-state index contributed by atoms with van der Waals surface area (Å²) in [4.78, 5) is 17.3. The van der Waals surface area contributed by atoms with Gasteiger partial charge in [-0.05, 0) is 47.9 Å². The predicted octanol–water partition coefficient (Wildman–Crippen LogP) is 3.85. The molecule has 1 aromatic carbocycles. The van der Waals surface area contributed by atoms with Crippen molar-refractivity contribution < 1.29 is 14.3 Å². The smallest absolute Gasteiger partial charge is 0.255 e. The number of amides is 1. The Hall–Kier alpha value is -3.25. The standard InChI is InChI=1S/C26H31N3O3/c1-18(2)27-21-12-13-28(16-21)23-10-9-22-7-5-6-19(15-26(30)29(22)17-23)20-8-11-24(31-3)25(14-20)32-4/h5-11,14-15,17-18,21,27H,12-13,16H2,1-4H3/b6-5?,19-15?,22-7+/t21-/m0/s1. The Balaban J connectivity index is 1.58. The number of fused-ring (bicyclic) bond motifs is 1. The van der Waals surface area contributed by atoms with Crippen LogP contribution in [-0.4, -0.2) is 55.1 Å². The van der Waals surface area contributed by atoms with E-state index in [0.717, 1.165) is 42.0 Å². The van der Waals surface area contributed by atoms with Crippen molar-refractivity contribution in [3.8, 4) is 11.5 Å². The number of benzene rings is 1. The van der Waals surface area contributed by atoms with Crippen molar-refractivity contribution in [2.75, 3.05) is 27.3 Å². The summed E-state index contributed by atoms with van der Waals surface area (Å²) >= 11 is 0. The number of ether oxygens (including phenoxy) is 2. The molecular weight excluding hydrogens is 402 g/mol. The number of allylic oxidation sites excluding steroid dienone is 6. The highest BCUT2D eigenvalue weighted by Gasteiger charge is 2.26. The van der Waals surface area contributed by atoms with Crippen LogP contribution >= 0.6 is 0 Å². The van der Waals surface area contributed by atoms with Crippen molar-refractivity contribution in [2.45, 2.75) is 32.4 Å². The summed E-state index contributed by atoms with van der Waals surface area (Å²) in [5.41, 5.74) is 3.63.